The predicted molar refractivity (Wildman–Crippen MR) is 86.0 cm³/mol. The highest BCUT2D eigenvalue weighted by molar-refractivity contribution is 5.98. The van der Waals surface area contributed by atoms with Gasteiger partial charge in [0.15, 0.2) is 5.78 Å². The van der Waals surface area contributed by atoms with Crippen molar-refractivity contribution >= 4 is 11.8 Å². The van der Waals surface area contributed by atoms with Crippen LogP contribution in [0.3, 0.4) is 0 Å². The predicted octanol–water partition coefficient (Wildman–Crippen LogP) is 3.22. The van der Waals surface area contributed by atoms with E-state index in [1.54, 1.807) is 23.3 Å². The fourth-order valence-electron chi connectivity index (χ4n) is 2.91. The zero-order valence-corrected chi connectivity index (χ0v) is 13.2. The highest BCUT2D eigenvalue weighted by atomic mass is 19.1. The third-order valence-electron chi connectivity index (χ3n) is 4.20. The van der Waals surface area contributed by atoms with Gasteiger partial charge in [-0.3, -0.25) is 4.79 Å². The first kappa shape index (κ1) is 16.2. The fraction of sp³-hybridized carbons (Fsp3) is 0.333. The number of amides is 2. The quantitative estimate of drug-likeness (QED) is 0.876. The molecule has 1 fully saturated rings. The molecule has 126 valence electrons. The number of likely N-dealkylation sites (tertiary alicyclic amines) is 1. The summed E-state index contributed by atoms with van der Waals surface area (Å²) in [7, 11) is 0. The second-order valence-corrected chi connectivity index (χ2v) is 5.89. The molecule has 2 aromatic rings. The van der Waals surface area contributed by atoms with Crippen LogP contribution in [0.4, 0.5) is 9.18 Å². The summed E-state index contributed by atoms with van der Waals surface area (Å²) in [6.45, 7) is 1.32. The first-order valence-corrected chi connectivity index (χ1v) is 7.98. The summed E-state index contributed by atoms with van der Waals surface area (Å²) in [6.07, 6.45) is 3.06. The van der Waals surface area contributed by atoms with Crippen LogP contribution in [0, 0.1) is 11.7 Å². The molecule has 0 radical (unpaired) electrons. The molecule has 0 bridgehead atoms. The van der Waals surface area contributed by atoms with E-state index >= 15 is 0 Å². The third kappa shape index (κ3) is 3.82. The maximum absolute atomic E-state index is 13.0. The Labute approximate surface area is 139 Å². The summed E-state index contributed by atoms with van der Waals surface area (Å²) in [5.41, 5.74) is 0.485. The Morgan fingerprint density at radius 3 is 2.75 bits per heavy atom. The molecule has 0 aliphatic carbocycles. The summed E-state index contributed by atoms with van der Waals surface area (Å²) in [5, 5.41) is 2.79. The zero-order chi connectivity index (χ0) is 16.9. The molecule has 0 spiro atoms. The molecule has 1 aromatic carbocycles. The van der Waals surface area contributed by atoms with Crippen molar-refractivity contribution in [3.05, 3.63) is 59.8 Å². The Morgan fingerprint density at radius 1 is 1.25 bits per heavy atom. The highest BCUT2D eigenvalue weighted by Crippen LogP contribution is 2.21. The standard InChI is InChI=1S/C18H19FN2O3/c19-15-7-5-13(6-8-15)17(22)14-3-1-9-21(12-14)18(23)20-11-16-4-2-10-24-16/h2,4-8,10,14H,1,3,9,11-12H2,(H,20,23)/t14-/m0/s1. The van der Waals surface area contributed by atoms with Crippen molar-refractivity contribution in [2.75, 3.05) is 13.1 Å². The molecular weight excluding hydrogens is 311 g/mol. The van der Waals surface area contributed by atoms with E-state index in [-0.39, 0.29) is 23.5 Å². The summed E-state index contributed by atoms with van der Waals surface area (Å²) in [6, 6.07) is 8.90. The first-order chi connectivity index (χ1) is 11.6. The summed E-state index contributed by atoms with van der Waals surface area (Å²) in [4.78, 5) is 26.4. The van der Waals surface area contributed by atoms with E-state index < -0.39 is 0 Å². The van der Waals surface area contributed by atoms with Crippen molar-refractivity contribution in [1.29, 1.82) is 0 Å². The van der Waals surface area contributed by atoms with E-state index in [4.69, 9.17) is 4.42 Å². The van der Waals surface area contributed by atoms with Crippen molar-refractivity contribution in [3.8, 4) is 0 Å². The molecule has 1 atom stereocenters. The monoisotopic (exact) mass is 330 g/mol. The second-order valence-electron chi connectivity index (χ2n) is 5.89. The van der Waals surface area contributed by atoms with Crippen LogP contribution in [0.2, 0.25) is 0 Å². The van der Waals surface area contributed by atoms with Crippen molar-refractivity contribution in [2.24, 2.45) is 5.92 Å². The molecule has 0 unspecified atom stereocenters. The Morgan fingerprint density at radius 2 is 2.04 bits per heavy atom. The van der Waals surface area contributed by atoms with Crippen molar-refractivity contribution in [1.82, 2.24) is 10.2 Å². The maximum atomic E-state index is 13.0. The maximum Gasteiger partial charge on any atom is 0.317 e. The smallest absolute Gasteiger partial charge is 0.317 e. The molecule has 1 N–H and O–H groups in total. The minimum atomic E-state index is -0.367. The van der Waals surface area contributed by atoms with Crippen LogP contribution in [-0.4, -0.2) is 29.8 Å². The minimum absolute atomic E-state index is 0.0430. The van der Waals surface area contributed by atoms with Gasteiger partial charge in [0.1, 0.15) is 11.6 Å². The zero-order valence-electron chi connectivity index (χ0n) is 13.2. The SMILES string of the molecule is O=C(c1ccc(F)cc1)[C@H]1CCCN(C(=O)NCc2ccco2)C1. The van der Waals surface area contributed by atoms with E-state index in [2.05, 4.69) is 5.32 Å². The number of urea groups is 1. The average molecular weight is 330 g/mol. The van der Waals surface area contributed by atoms with Gasteiger partial charge in [0.05, 0.1) is 12.8 Å². The van der Waals surface area contributed by atoms with Gasteiger partial charge in [-0.2, -0.15) is 0 Å². The Kier molecular flexibility index (Phi) is 4.93. The molecule has 1 aliphatic rings. The van der Waals surface area contributed by atoms with Crippen molar-refractivity contribution in [2.45, 2.75) is 19.4 Å². The normalized spacial score (nSPS) is 17.5. The number of carbonyl (C=O) groups is 2. The summed E-state index contributed by atoms with van der Waals surface area (Å²) >= 11 is 0. The first-order valence-electron chi connectivity index (χ1n) is 7.98. The number of furan rings is 1. The minimum Gasteiger partial charge on any atom is -0.467 e. The molecule has 2 amide bonds. The number of benzene rings is 1. The fourth-order valence-corrected chi connectivity index (χ4v) is 2.91. The van der Waals surface area contributed by atoms with Gasteiger partial charge in [-0.15, -0.1) is 0 Å². The Hall–Kier alpha value is -2.63. The van der Waals surface area contributed by atoms with Crippen LogP contribution in [0.25, 0.3) is 0 Å². The lowest BCUT2D eigenvalue weighted by Gasteiger charge is -2.32. The number of ketones is 1. The number of piperidine rings is 1. The van der Waals surface area contributed by atoms with Crippen LogP contribution >= 0.6 is 0 Å². The van der Waals surface area contributed by atoms with E-state index in [0.29, 0.717) is 31.0 Å². The van der Waals surface area contributed by atoms with Gasteiger partial charge < -0.3 is 14.6 Å². The van der Waals surface area contributed by atoms with Crippen LogP contribution < -0.4 is 5.32 Å². The molecule has 1 saturated heterocycles. The van der Waals surface area contributed by atoms with Crippen LogP contribution in [0.1, 0.15) is 29.0 Å². The third-order valence-corrected chi connectivity index (χ3v) is 4.20. The molecule has 2 heterocycles. The largest absolute Gasteiger partial charge is 0.467 e. The number of Topliss-reactive ketones (excluding diaryl/α,β-unsaturated/α-hetero) is 1. The van der Waals surface area contributed by atoms with Gasteiger partial charge in [0.25, 0.3) is 0 Å². The van der Waals surface area contributed by atoms with Gasteiger partial charge in [0.2, 0.25) is 0 Å². The topological polar surface area (TPSA) is 62.6 Å². The number of nitrogens with zero attached hydrogens (tertiary/aromatic N) is 1. The molecule has 24 heavy (non-hydrogen) atoms. The van der Waals surface area contributed by atoms with Gasteiger partial charge in [-0.25, -0.2) is 9.18 Å². The summed E-state index contributed by atoms with van der Waals surface area (Å²) in [5.74, 6) is 0.0190. The Bertz CT molecular complexity index is 698. The van der Waals surface area contributed by atoms with E-state index in [0.717, 1.165) is 12.8 Å². The number of carbonyl (C=O) groups excluding carboxylic acids is 2. The lowest BCUT2D eigenvalue weighted by atomic mass is 9.90. The lowest BCUT2D eigenvalue weighted by molar-refractivity contribution is 0.0845. The number of nitrogens with one attached hydrogen (secondary N) is 1. The van der Waals surface area contributed by atoms with Crippen molar-refractivity contribution < 1.29 is 18.4 Å². The van der Waals surface area contributed by atoms with Crippen LogP contribution in [-0.2, 0) is 6.54 Å². The molecule has 6 heteroatoms. The summed E-state index contributed by atoms with van der Waals surface area (Å²) < 4.78 is 18.2. The molecule has 3 rings (SSSR count). The van der Waals surface area contributed by atoms with E-state index in [1.807, 2.05) is 0 Å². The molecule has 5 nitrogen and oxygen atoms in total. The van der Waals surface area contributed by atoms with E-state index in [9.17, 15) is 14.0 Å². The lowest BCUT2D eigenvalue weighted by Crippen LogP contribution is -2.46. The second kappa shape index (κ2) is 7.29. The number of hydrogen-bond donors (Lipinski definition) is 1. The van der Waals surface area contributed by atoms with Gasteiger partial charge >= 0.3 is 6.03 Å². The molecule has 0 saturated carbocycles. The van der Waals surface area contributed by atoms with Gasteiger partial charge in [-0.05, 0) is 49.2 Å². The van der Waals surface area contributed by atoms with Gasteiger partial charge in [0, 0.05) is 24.6 Å². The number of hydrogen-bond acceptors (Lipinski definition) is 3. The number of rotatable bonds is 4. The van der Waals surface area contributed by atoms with Crippen LogP contribution in [0.5, 0.6) is 0 Å². The van der Waals surface area contributed by atoms with E-state index in [1.165, 1.54) is 24.3 Å². The Balaban J connectivity index is 1.58. The number of halogens is 1. The molecule has 1 aromatic heterocycles. The average Bonchev–Trinajstić information content (AvgIpc) is 3.13. The molecule has 1 aliphatic heterocycles. The van der Waals surface area contributed by atoms with Gasteiger partial charge in [-0.1, -0.05) is 0 Å². The highest BCUT2D eigenvalue weighted by Gasteiger charge is 2.29. The molecular formula is C18H19FN2O3. The van der Waals surface area contributed by atoms with Crippen LogP contribution in [0.15, 0.2) is 47.1 Å². The van der Waals surface area contributed by atoms with Crippen molar-refractivity contribution in [3.63, 3.8) is 0 Å².